The van der Waals surface area contributed by atoms with Gasteiger partial charge in [-0.3, -0.25) is 4.79 Å². The zero-order valence-corrected chi connectivity index (χ0v) is 8.61. The first kappa shape index (κ1) is 9.01. The molecule has 1 N–H and O–H groups in total. The Morgan fingerprint density at radius 2 is 2.33 bits per heavy atom. The Labute approximate surface area is 88.8 Å². The van der Waals surface area contributed by atoms with Gasteiger partial charge >= 0.3 is 0 Å². The van der Waals surface area contributed by atoms with Crippen LogP contribution < -0.4 is 5.32 Å². The van der Waals surface area contributed by atoms with E-state index in [1.165, 1.54) is 25.5 Å². The van der Waals surface area contributed by atoms with Crippen LogP contribution in [0.15, 0.2) is 22.8 Å². The van der Waals surface area contributed by atoms with Gasteiger partial charge in [-0.2, -0.15) is 0 Å². The molecule has 2 fully saturated rings. The van der Waals surface area contributed by atoms with Gasteiger partial charge in [-0.05, 0) is 43.2 Å². The van der Waals surface area contributed by atoms with Crippen LogP contribution in [0.1, 0.15) is 36.2 Å². The third kappa shape index (κ3) is 1.56. The summed E-state index contributed by atoms with van der Waals surface area (Å²) >= 11 is 0. The molecule has 2 aliphatic carbocycles. The Kier molecular flexibility index (Phi) is 2.04. The van der Waals surface area contributed by atoms with E-state index >= 15 is 0 Å². The second-order valence-electron chi connectivity index (χ2n) is 4.73. The maximum absolute atomic E-state index is 11.7. The van der Waals surface area contributed by atoms with Gasteiger partial charge in [0.05, 0.1) is 6.26 Å². The highest BCUT2D eigenvalue weighted by Crippen LogP contribution is 2.44. The normalized spacial score (nSPS) is 33.2. The molecule has 15 heavy (non-hydrogen) atoms. The van der Waals surface area contributed by atoms with Gasteiger partial charge in [0.1, 0.15) is 0 Å². The van der Waals surface area contributed by atoms with Crippen molar-refractivity contribution in [3.63, 3.8) is 0 Å². The van der Waals surface area contributed by atoms with Crippen molar-refractivity contribution in [3.8, 4) is 0 Å². The van der Waals surface area contributed by atoms with Crippen molar-refractivity contribution in [1.29, 1.82) is 0 Å². The van der Waals surface area contributed by atoms with Crippen LogP contribution >= 0.6 is 0 Å². The van der Waals surface area contributed by atoms with Crippen LogP contribution in [-0.2, 0) is 0 Å². The number of furan rings is 1. The first-order valence-electron chi connectivity index (χ1n) is 5.67. The van der Waals surface area contributed by atoms with Crippen LogP contribution in [0.2, 0.25) is 0 Å². The predicted molar refractivity (Wildman–Crippen MR) is 55.4 cm³/mol. The molecule has 0 aliphatic heterocycles. The number of carbonyl (C=O) groups is 1. The van der Waals surface area contributed by atoms with E-state index in [4.69, 9.17) is 4.42 Å². The number of nitrogens with one attached hydrogen (secondary N) is 1. The van der Waals surface area contributed by atoms with E-state index in [1.54, 1.807) is 12.1 Å². The molecule has 2 aliphatic rings. The summed E-state index contributed by atoms with van der Waals surface area (Å²) in [5.74, 6) is 1.95. The maximum atomic E-state index is 11.7. The van der Waals surface area contributed by atoms with Crippen molar-refractivity contribution in [3.05, 3.63) is 24.2 Å². The van der Waals surface area contributed by atoms with Crippen LogP contribution in [0, 0.1) is 11.8 Å². The molecule has 3 heteroatoms. The van der Waals surface area contributed by atoms with E-state index < -0.39 is 0 Å². The quantitative estimate of drug-likeness (QED) is 0.804. The lowest BCUT2D eigenvalue weighted by molar-refractivity contribution is 0.0894. The SMILES string of the molecule is O=C(N[C@H]1C[C@@H]2CC[C@H]1C2)c1ccco1. The van der Waals surface area contributed by atoms with Crippen molar-refractivity contribution in [2.45, 2.75) is 31.7 Å². The first-order valence-corrected chi connectivity index (χ1v) is 5.67. The maximum Gasteiger partial charge on any atom is 0.287 e. The Morgan fingerprint density at radius 3 is 2.93 bits per heavy atom. The molecular weight excluding hydrogens is 190 g/mol. The van der Waals surface area contributed by atoms with Gasteiger partial charge in [0.2, 0.25) is 0 Å². The van der Waals surface area contributed by atoms with Gasteiger partial charge in [-0.25, -0.2) is 0 Å². The molecule has 1 amide bonds. The van der Waals surface area contributed by atoms with Gasteiger partial charge in [-0.1, -0.05) is 6.42 Å². The Hall–Kier alpha value is -1.25. The van der Waals surface area contributed by atoms with Gasteiger partial charge in [0.25, 0.3) is 5.91 Å². The van der Waals surface area contributed by atoms with E-state index in [0.717, 1.165) is 12.3 Å². The molecule has 2 saturated carbocycles. The average molecular weight is 205 g/mol. The molecule has 0 unspecified atom stereocenters. The molecule has 0 saturated heterocycles. The third-order valence-electron chi connectivity index (χ3n) is 3.80. The molecule has 3 rings (SSSR count). The Bertz CT molecular complexity index is 358. The first-order chi connectivity index (χ1) is 7.33. The van der Waals surface area contributed by atoms with Crippen LogP contribution in [-0.4, -0.2) is 11.9 Å². The van der Waals surface area contributed by atoms with Crippen molar-refractivity contribution >= 4 is 5.91 Å². The number of amides is 1. The molecule has 0 radical (unpaired) electrons. The summed E-state index contributed by atoms with van der Waals surface area (Å²) in [6.45, 7) is 0. The van der Waals surface area contributed by atoms with Crippen LogP contribution in [0.25, 0.3) is 0 Å². The Morgan fingerprint density at radius 1 is 1.40 bits per heavy atom. The highest BCUT2D eigenvalue weighted by atomic mass is 16.3. The molecule has 1 aromatic heterocycles. The molecule has 1 aromatic rings. The monoisotopic (exact) mass is 205 g/mol. The summed E-state index contributed by atoms with van der Waals surface area (Å²) in [7, 11) is 0. The van der Waals surface area contributed by atoms with E-state index in [1.807, 2.05) is 0 Å². The van der Waals surface area contributed by atoms with E-state index in [9.17, 15) is 4.79 Å². The number of rotatable bonds is 2. The minimum absolute atomic E-state index is 0.0578. The third-order valence-corrected chi connectivity index (χ3v) is 3.80. The summed E-state index contributed by atoms with van der Waals surface area (Å²) in [4.78, 5) is 11.7. The molecule has 0 spiro atoms. The van der Waals surface area contributed by atoms with Gasteiger partial charge in [0, 0.05) is 6.04 Å². The summed E-state index contributed by atoms with van der Waals surface area (Å²) in [6, 6.07) is 3.85. The highest BCUT2D eigenvalue weighted by Gasteiger charge is 2.40. The fourth-order valence-electron chi connectivity index (χ4n) is 3.07. The zero-order chi connectivity index (χ0) is 10.3. The van der Waals surface area contributed by atoms with Crippen LogP contribution in [0.3, 0.4) is 0 Å². The molecule has 3 nitrogen and oxygen atoms in total. The summed E-state index contributed by atoms with van der Waals surface area (Å²) < 4.78 is 5.07. The summed E-state index contributed by atoms with van der Waals surface area (Å²) in [6.07, 6.45) is 6.65. The number of hydrogen-bond donors (Lipinski definition) is 1. The van der Waals surface area contributed by atoms with Crippen molar-refractivity contribution in [2.24, 2.45) is 11.8 Å². The molecule has 3 atom stereocenters. The predicted octanol–water partition coefficient (Wildman–Crippen LogP) is 2.20. The fraction of sp³-hybridized carbons (Fsp3) is 0.583. The van der Waals surface area contributed by atoms with E-state index in [2.05, 4.69) is 5.32 Å². The highest BCUT2D eigenvalue weighted by molar-refractivity contribution is 5.91. The number of carbonyl (C=O) groups excluding carboxylic acids is 1. The molecule has 1 heterocycles. The van der Waals surface area contributed by atoms with Crippen LogP contribution in [0.5, 0.6) is 0 Å². The molecular formula is C12H15NO2. The van der Waals surface area contributed by atoms with E-state index in [-0.39, 0.29) is 5.91 Å². The fourth-order valence-corrected chi connectivity index (χ4v) is 3.07. The smallest absolute Gasteiger partial charge is 0.287 e. The zero-order valence-electron chi connectivity index (χ0n) is 8.61. The molecule has 0 aromatic carbocycles. The topological polar surface area (TPSA) is 42.2 Å². The lowest BCUT2D eigenvalue weighted by atomic mass is 9.95. The number of fused-ring (bicyclic) bond motifs is 2. The largest absolute Gasteiger partial charge is 0.459 e. The molecule has 80 valence electrons. The summed E-state index contributed by atoms with van der Waals surface area (Å²) in [5, 5.41) is 3.08. The van der Waals surface area contributed by atoms with Crippen molar-refractivity contribution < 1.29 is 9.21 Å². The van der Waals surface area contributed by atoms with Gasteiger partial charge < -0.3 is 9.73 Å². The van der Waals surface area contributed by atoms with E-state index in [0.29, 0.717) is 17.7 Å². The standard InChI is InChI=1S/C12H15NO2/c14-12(11-2-1-5-15-11)13-10-7-8-3-4-9(10)6-8/h1-2,5,8-10H,3-4,6-7H2,(H,13,14)/t8-,9+,10+/m1/s1. The Balaban J connectivity index is 1.64. The van der Waals surface area contributed by atoms with Gasteiger partial charge in [0.15, 0.2) is 5.76 Å². The van der Waals surface area contributed by atoms with Gasteiger partial charge in [-0.15, -0.1) is 0 Å². The van der Waals surface area contributed by atoms with Crippen molar-refractivity contribution in [2.75, 3.05) is 0 Å². The van der Waals surface area contributed by atoms with Crippen molar-refractivity contribution in [1.82, 2.24) is 5.32 Å². The minimum atomic E-state index is -0.0578. The number of hydrogen-bond acceptors (Lipinski definition) is 2. The lowest BCUT2D eigenvalue weighted by Gasteiger charge is -2.22. The van der Waals surface area contributed by atoms with Crippen LogP contribution in [0.4, 0.5) is 0 Å². The average Bonchev–Trinajstić information content (AvgIpc) is 2.95. The lowest BCUT2D eigenvalue weighted by Crippen LogP contribution is -2.38. The minimum Gasteiger partial charge on any atom is -0.459 e. The second kappa shape index (κ2) is 3.40. The summed E-state index contributed by atoms with van der Waals surface area (Å²) in [5.41, 5.74) is 0. The second-order valence-corrected chi connectivity index (χ2v) is 4.73. The molecule has 2 bridgehead atoms.